The van der Waals surface area contributed by atoms with Crippen LogP contribution in [0.5, 0.6) is 0 Å². The summed E-state index contributed by atoms with van der Waals surface area (Å²) < 4.78 is 2.76. The number of hydrogen-bond donors (Lipinski definition) is 2. The molecule has 2 aromatic heterocycles. The Hall–Kier alpha value is -1.86. The lowest BCUT2D eigenvalue weighted by atomic mass is 10.2. The van der Waals surface area contributed by atoms with E-state index in [2.05, 4.69) is 10.4 Å². The fourth-order valence-electron chi connectivity index (χ4n) is 1.78. The van der Waals surface area contributed by atoms with E-state index in [0.29, 0.717) is 18.7 Å². The summed E-state index contributed by atoms with van der Waals surface area (Å²) in [6.07, 6.45) is 1.88. The van der Waals surface area contributed by atoms with Crippen LogP contribution >= 0.6 is 12.4 Å². The van der Waals surface area contributed by atoms with Gasteiger partial charge in [-0.15, -0.1) is 17.5 Å². The van der Waals surface area contributed by atoms with Crippen LogP contribution in [-0.4, -0.2) is 33.2 Å². The molecular weight excluding hydrogens is 294 g/mol. The second kappa shape index (κ2) is 7.80. The molecule has 0 saturated carbocycles. The number of halogens is 1. The number of amides is 1. The van der Waals surface area contributed by atoms with Crippen LogP contribution in [0.15, 0.2) is 29.2 Å². The summed E-state index contributed by atoms with van der Waals surface area (Å²) in [7, 11) is 0. The van der Waals surface area contributed by atoms with E-state index in [0.717, 1.165) is 0 Å². The molecule has 2 heterocycles. The average Bonchev–Trinajstić information content (AvgIpc) is 2.79. The van der Waals surface area contributed by atoms with Crippen molar-refractivity contribution in [2.75, 3.05) is 13.1 Å². The molecule has 2 aromatic rings. The first-order valence-corrected chi connectivity index (χ1v) is 6.62. The highest BCUT2D eigenvalue weighted by atomic mass is 35.5. The number of rotatable bonds is 6. The Kier molecular flexibility index (Phi) is 6.39. The highest BCUT2D eigenvalue weighted by molar-refractivity contribution is 5.85. The van der Waals surface area contributed by atoms with Crippen LogP contribution in [-0.2, 0) is 11.3 Å². The number of carbonyl (C=O) groups excluding carboxylic acids is 1. The fraction of sp³-hybridized carbons (Fsp3) is 0.462. The predicted molar refractivity (Wildman–Crippen MR) is 82.5 cm³/mol. The lowest BCUT2D eigenvalue weighted by Gasteiger charge is -2.09. The quantitative estimate of drug-likeness (QED) is 0.786. The molecule has 0 bridgehead atoms. The van der Waals surface area contributed by atoms with E-state index < -0.39 is 0 Å². The molecule has 1 atom stereocenters. The molecule has 2 rings (SSSR count). The van der Waals surface area contributed by atoms with E-state index in [9.17, 15) is 9.59 Å². The minimum absolute atomic E-state index is 0. The van der Waals surface area contributed by atoms with Crippen molar-refractivity contribution >= 4 is 24.0 Å². The minimum atomic E-state index is -0.233. The van der Waals surface area contributed by atoms with Gasteiger partial charge in [0.1, 0.15) is 0 Å². The van der Waals surface area contributed by atoms with Gasteiger partial charge in [-0.3, -0.25) is 9.20 Å². The van der Waals surface area contributed by atoms with Gasteiger partial charge >= 0.3 is 5.69 Å². The number of aromatic nitrogens is 3. The SMILES string of the molecule is CC(CN)CNC(=O)CCn1nc2ccccn2c1=O.Cl. The predicted octanol–water partition coefficient (Wildman–Crippen LogP) is 0.0189. The molecule has 7 nitrogen and oxygen atoms in total. The number of nitrogens with one attached hydrogen (secondary N) is 1. The van der Waals surface area contributed by atoms with Gasteiger partial charge < -0.3 is 11.1 Å². The first-order valence-electron chi connectivity index (χ1n) is 6.62. The Balaban J connectivity index is 0.00000220. The Morgan fingerprint density at radius 1 is 1.48 bits per heavy atom. The zero-order valence-electron chi connectivity index (χ0n) is 11.9. The third-order valence-electron chi connectivity index (χ3n) is 3.09. The van der Waals surface area contributed by atoms with Gasteiger partial charge in [-0.1, -0.05) is 13.0 Å². The lowest BCUT2D eigenvalue weighted by Crippen LogP contribution is -2.32. The maximum atomic E-state index is 12.0. The van der Waals surface area contributed by atoms with E-state index in [-0.39, 0.29) is 42.9 Å². The van der Waals surface area contributed by atoms with Crippen LogP contribution < -0.4 is 16.7 Å². The molecule has 0 aliphatic heterocycles. The molecule has 0 aliphatic carbocycles. The van der Waals surface area contributed by atoms with Crippen molar-refractivity contribution in [2.45, 2.75) is 19.9 Å². The van der Waals surface area contributed by atoms with Crippen molar-refractivity contribution in [1.82, 2.24) is 19.5 Å². The normalized spacial score (nSPS) is 11.9. The van der Waals surface area contributed by atoms with Gasteiger partial charge in [0.25, 0.3) is 0 Å². The third-order valence-corrected chi connectivity index (χ3v) is 3.09. The van der Waals surface area contributed by atoms with Crippen LogP contribution in [0.1, 0.15) is 13.3 Å². The number of fused-ring (bicyclic) bond motifs is 1. The summed E-state index contributed by atoms with van der Waals surface area (Å²) in [6, 6.07) is 5.33. The van der Waals surface area contributed by atoms with Crippen molar-refractivity contribution in [3.8, 4) is 0 Å². The van der Waals surface area contributed by atoms with E-state index in [1.807, 2.05) is 13.0 Å². The molecular formula is C13H20ClN5O2. The van der Waals surface area contributed by atoms with Gasteiger partial charge in [0, 0.05) is 19.2 Å². The Morgan fingerprint density at radius 3 is 2.90 bits per heavy atom. The molecule has 1 unspecified atom stereocenters. The monoisotopic (exact) mass is 313 g/mol. The van der Waals surface area contributed by atoms with Crippen molar-refractivity contribution < 1.29 is 4.79 Å². The van der Waals surface area contributed by atoms with Gasteiger partial charge in [0.2, 0.25) is 5.91 Å². The zero-order valence-corrected chi connectivity index (χ0v) is 12.7. The standard InChI is InChI=1S/C13H19N5O2.ClH/c1-10(8-14)9-15-12(19)5-7-18-13(20)17-6-3-2-4-11(17)16-18;/h2-4,6,10H,5,7-9,14H2,1H3,(H,15,19);1H. The second-order valence-corrected chi connectivity index (χ2v) is 4.83. The third kappa shape index (κ3) is 4.30. The molecule has 0 aromatic carbocycles. The molecule has 0 aliphatic rings. The van der Waals surface area contributed by atoms with Crippen molar-refractivity contribution in [2.24, 2.45) is 11.7 Å². The summed E-state index contributed by atoms with van der Waals surface area (Å²) in [4.78, 5) is 23.6. The molecule has 0 radical (unpaired) electrons. The summed E-state index contributed by atoms with van der Waals surface area (Å²) in [5.74, 6) is 0.145. The number of aryl methyl sites for hydroxylation is 1. The number of pyridine rings is 1. The smallest absolute Gasteiger partial charge is 0.350 e. The average molecular weight is 314 g/mol. The summed E-state index contributed by atoms with van der Waals surface area (Å²) in [5.41, 5.74) is 5.82. The molecule has 0 spiro atoms. The number of carbonyl (C=O) groups is 1. The molecule has 3 N–H and O–H groups in total. The van der Waals surface area contributed by atoms with Crippen LogP contribution in [0.3, 0.4) is 0 Å². The minimum Gasteiger partial charge on any atom is -0.356 e. The molecule has 0 fully saturated rings. The maximum absolute atomic E-state index is 12.0. The van der Waals surface area contributed by atoms with E-state index in [4.69, 9.17) is 5.73 Å². The lowest BCUT2D eigenvalue weighted by molar-refractivity contribution is -0.121. The van der Waals surface area contributed by atoms with Crippen molar-refractivity contribution in [1.29, 1.82) is 0 Å². The molecule has 8 heteroatoms. The fourth-order valence-corrected chi connectivity index (χ4v) is 1.78. The van der Waals surface area contributed by atoms with Crippen LogP contribution in [0, 0.1) is 5.92 Å². The van der Waals surface area contributed by atoms with Crippen molar-refractivity contribution in [3.05, 3.63) is 34.9 Å². The molecule has 1 amide bonds. The van der Waals surface area contributed by atoms with E-state index in [1.54, 1.807) is 18.3 Å². The van der Waals surface area contributed by atoms with Crippen LogP contribution in [0.2, 0.25) is 0 Å². The Morgan fingerprint density at radius 2 is 2.24 bits per heavy atom. The van der Waals surface area contributed by atoms with Gasteiger partial charge in [-0.25, -0.2) is 9.48 Å². The van der Waals surface area contributed by atoms with Gasteiger partial charge in [0.05, 0.1) is 6.54 Å². The van der Waals surface area contributed by atoms with Gasteiger partial charge in [0.15, 0.2) is 5.65 Å². The largest absolute Gasteiger partial charge is 0.356 e. The maximum Gasteiger partial charge on any atom is 0.350 e. The summed E-state index contributed by atoms with van der Waals surface area (Å²) >= 11 is 0. The summed E-state index contributed by atoms with van der Waals surface area (Å²) in [5, 5.41) is 6.95. The van der Waals surface area contributed by atoms with Crippen LogP contribution in [0.4, 0.5) is 0 Å². The highest BCUT2D eigenvalue weighted by Gasteiger charge is 2.09. The van der Waals surface area contributed by atoms with Gasteiger partial charge in [-0.2, -0.15) is 0 Å². The number of nitrogens with zero attached hydrogens (tertiary/aromatic N) is 3. The topological polar surface area (TPSA) is 94.4 Å². The van der Waals surface area contributed by atoms with Crippen molar-refractivity contribution in [3.63, 3.8) is 0 Å². The molecule has 116 valence electrons. The van der Waals surface area contributed by atoms with Gasteiger partial charge in [-0.05, 0) is 24.6 Å². The van der Waals surface area contributed by atoms with E-state index in [1.165, 1.54) is 9.08 Å². The Labute approximate surface area is 128 Å². The molecule has 0 saturated heterocycles. The molecule has 21 heavy (non-hydrogen) atoms. The highest BCUT2D eigenvalue weighted by Crippen LogP contribution is 1.96. The zero-order chi connectivity index (χ0) is 14.5. The Bertz CT molecular complexity index is 651. The van der Waals surface area contributed by atoms with E-state index >= 15 is 0 Å². The summed E-state index contributed by atoms with van der Waals surface area (Å²) in [6.45, 7) is 3.32. The van der Waals surface area contributed by atoms with Crippen LogP contribution in [0.25, 0.3) is 5.65 Å². The first-order chi connectivity index (χ1) is 9.61. The number of hydrogen-bond acceptors (Lipinski definition) is 4. The first kappa shape index (κ1) is 17.2. The second-order valence-electron chi connectivity index (χ2n) is 4.83. The number of nitrogens with two attached hydrogens (primary N) is 1.